The predicted molar refractivity (Wildman–Crippen MR) is 183 cm³/mol. The quantitative estimate of drug-likeness (QED) is 0.190. The Morgan fingerprint density at radius 2 is 0.978 bits per heavy atom. The largest absolute Gasteiger partial charge is 0.265 e. The summed E-state index contributed by atoms with van der Waals surface area (Å²) in [6.45, 7) is 0. The van der Waals surface area contributed by atoms with E-state index >= 15 is 0 Å². The van der Waals surface area contributed by atoms with E-state index in [1.54, 1.807) is 24.8 Å². The number of rotatable bonds is 4. The predicted octanol–water partition coefficient (Wildman–Crippen LogP) is 8.73. The van der Waals surface area contributed by atoms with Crippen molar-refractivity contribution in [1.29, 1.82) is 0 Å². The van der Waals surface area contributed by atoms with E-state index in [1.165, 1.54) is 16.2 Å². The third-order valence-electron chi connectivity index (χ3n) is 8.36. The molecule has 9 aromatic rings. The number of aromatic nitrogens is 7. The van der Waals surface area contributed by atoms with Crippen LogP contribution in [0.1, 0.15) is 0 Å². The van der Waals surface area contributed by atoms with Crippen LogP contribution < -0.4 is 0 Å². The summed E-state index contributed by atoms with van der Waals surface area (Å²) in [5.74, 6) is 1.65. The summed E-state index contributed by atoms with van der Waals surface area (Å²) in [6.07, 6.45) is 8.81. The van der Waals surface area contributed by atoms with Crippen LogP contribution in [0.3, 0.4) is 0 Å². The molecular formula is C39H23N7. The fourth-order valence-corrected chi connectivity index (χ4v) is 6.22. The Kier molecular flexibility index (Phi) is 5.99. The van der Waals surface area contributed by atoms with E-state index in [1.807, 2.05) is 48.7 Å². The molecule has 0 amide bonds. The van der Waals surface area contributed by atoms with Crippen LogP contribution in [-0.2, 0) is 0 Å². The molecule has 7 nitrogen and oxygen atoms in total. The number of benzene rings is 4. The molecule has 0 saturated heterocycles. The molecule has 0 aliphatic rings. The molecule has 0 aliphatic heterocycles. The van der Waals surface area contributed by atoms with Crippen LogP contribution in [0.4, 0.5) is 0 Å². The van der Waals surface area contributed by atoms with Crippen molar-refractivity contribution in [1.82, 2.24) is 34.9 Å². The van der Waals surface area contributed by atoms with E-state index in [0.717, 1.165) is 55.1 Å². The summed E-state index contributed by atoms with van der Waals surface area (Å²) in [6, 6.07) is 37.0. The topological polar surface area (TPSA) is 90.2 Å². The zero-order valence-electron chi connectivity index (χ0n) is 24.4. The first kappa shape index (κ1) is 26.0. The second-order valence-corrected chi connectivity index (χ2v) is 11.0. The van der Waals surface area contributed by atoms with Crippen LogP contribution >= 0.6 is 0 Å². The molecule has 0 saturated carbocycles. The van der Waals surface area contributed by atoms with Gasteiger partial charge in [-0.15, -0.1) is 0 Å². The van der Waals surface area contributed by atoms with Crippen LogP contribution in [-0.4, -0.2) is 34.9 Å². The fourth-order valence-electron chi connectivity index (χ4n) is 6.22. The number of para-hydroxylation sites is 1. The summed E-state index contributed by atoms with van der Waals surface area (Å²) in [5, 5.41) is 7.68. The first-order valence-corrected chi connectivity index (χ1v) is 15.0. The summed E-state index contributed by atoms with van der Waals surface area (Å²) >= 11 is 0. The van der Waals surface area contributed by atoms with Crippen molar-refractivity contribution >= 4 is 43.2 Å². The number of fused-ring (bicyclic) bond motifs is 6. The minimum absolute atomic E-state index is 0.534. The van der Waals surface area contributed by atoms with Crippen LogP contribution in [0.2, 0.25) is 0 Å². The zero-order valence-corrected chi connectivity index (χ0v) is 24.4. The first-order valence-electron chi connectivity index (χ1n) is 15.0. The van der Waals surface area contributed by atoms with Crippen LogP contribution in [0.15, 0.2) is 140 Å². The van der Waals surface area contributed by atoms with Gasteiger partial charge >= 0.3 is 0 Å². The lowest BCUT2D eigenvalue weighted by Crippen LogP contribution is -2.02. The van der Waals surface area contributed by atoms with E-state index in [2.05, 4.69) is 76.7 Å². The molecule has 0 bridgehead atoms. The van der Waals surface area contributed by atoms with E-state index in [9.17, 15) is 0 Å². The van der Waals surface area contributed by atoms with Crippen molar-refractivity contribution < 1.29 is 0 Å². The molecule has 7 heteroatoms. The SMILES string of the molecule is c1ccc2c(c1)ccc1c(-c3ncc(-c4nc(-c5ccncc5)nc(-c5ccncc5)n4)c4ccccc34)nc3ccccc3c12. The van der Waals surface area contributed by atoms with Gasteiger partial charge in [0.2, 0.25) is 0 Å². The molecule has 0 aliphatic carbocycles. The van der Waals surface area contributed by atoms with E-state index < -0.39 is 0 Å². The van der Waals surface area contributed by atoms with Gasteiger partial charge in [0.1, 0.15) is 0 Å². The Balaban J connectivity index is 1.31. The molecule has 214 valence electrons. The summed E-state index contributed by atoms with van der Waals surface area (Å²) < 4.78 is 0. The standard InChI is InChI=1S/C39H23N7/c1-2-8-27-24(7-1)13-14-31-34(27)30-11-5-6-12-33(30)43-36(31)35-29-10-4-3-9-28(29)32(23-42-35)39-45-37(25-15-19-40-20-16-25)44-38(46-39)26-17-21-41-22-18-26/h1-23H. The Hall–Kier alpha value is -6.47. The first-order chi connectivity index (χ1) is 22.8. The van der Waals surface area contributed by atoms with E-state index in [-0.39, 0.29) is 0 Å². The highest BCUT2D eigenvalue weighted by Gasteiger charge is 2.20. The molecule has 0 atom stereocenters. The van der Waals surface area contributed by atoms with Crippen molar-refractivity contribution in [3.63, 3.8) is 0 Å². The molecule has 0 radical (unpaired) electrons. The molecule has 0 fully saturated rings. The Bertz CT molecular complexity index is 2510. The van der Waals surface area contributed by atoms with Crippen molar-refractivity contribution in [2.75, 3.05) is 0 Å². The van der Waals surface area contributed by atoms with Crippen LogP contribution in [0, 0.1) is 0 Å². The molecule has 0 spiro atoms. The maximum atomic E-state index is 5.22. The van der Waals surface area contributed by atoms with Crippen molar-refractivity contribution in [2.45, 2.75) is 0 Å². The molecule has 5 aromatic heterocycles. The lowest BCUT2D eigenvalue weighted by molar-refractivity contribution is 1.07. The average Bonchev–Trinajstić information content (AvgIpc) is 3.14. The summed E-state index contributed by atoms with van der Waals surface area (Å²) in [7, 11) is 0. The lowest BCUT2D eigenvalue weighted by atomic mass is 9.95. The van der Waals surface area contributed by atoms with Gasteiger partial charge in [-0.3, -0.25) is 15.0 Å². The summed E-state index contributed by atoms with van der Waals surface area (Å²) in [5.41, 5.74) is 5.08. The van der Waals surface area contributed by atoms with E-state index in [0.29, 0.717) is 17.5 Å². The Morgan fingerprint density at radius 1 is 0.391 bits per heavy atom. The maximum absolute atomic E-state index is 5.22. The number of pyridine rings is 4. The van der Waals surface area contributed by atoms with Crippen LogP contribution in [0.5, 0.6) is 0 Å². The van der Waals surface area contributed by atoms with Gasteiger partial charge in [-0.05, 0) is 46.5 Å². The monoisotopic (exact) mass is 589 g/mol. The highest BCUT2D eigenvalue weighted by molar-refractivity contribution is 6.23. The number of hydrogen-bond acceptors (Lipinski definition) is 7. The highest BCUT2D eigenvalue weighted by Crippen LogP contribution is 2.40. The average molecular weight is 590 g/mol. The minimum atomic E-state index is 0.534. The molecule has 5 heterocycles. The van der Waals surface area contributed by atoms with Gasteiger partial charge in [0.25, 0.3) is 0 Å². The smallest absolute Gasteiger partial charge is 0.166 e. The minimum Gasteiger partial charge on any atom is -0.265 e. The molecular weight excluding hydrogens is 566 g/mol. The van der Waals surface area contributed by atoms with Gasteiger partial charge < -0.3 is 0 Å². The molecule has 46 heavy (non-hydrogen) atoms. The third-order valence-corrected chi connectivity index (χ3v) is 8.36. The van der Waals surface area contributed by atoms with Crippen molar-refractivity contribution in [3.8, 4) is 45.6 Å². The lowest BCUT2D eigenvalue weighted by Gasteiger charge is -2.15. The fraction of sp³-hybridized carbons (Fsp3) is 0. The van der Waals surface area contributed by atoms with Crippen molar-refractivity contribution in [3.05, 3.63) is 140 Å². The van der Waals surface area contributed by atoms with Gasteiger partial charge in [-0.25, -0.2) is 19.9 Å². The van der Waals surface area contributed by atoms with Crippen LogP contribution in [0.25, 0.3) is 88.8 Å². The second kappa shape index (κ2) is 10.6. The third kappa shape index (κ3) is 4.25. The van der Waals surface area contributed by atoms with Gasteiger partial charge in [0, 0.05) is 69.2 Å². The Morgan fingerprint density at radius 3 is 1.70 bits per heavy atom. The van der Waals surface area contributed by atoms with Gasteiger partial charge in [0.15, 0.2) is 17.5 Å². The van der Waals surface area contributed by atoms with Gasteiger partial charge in [-0.2, -0.15) is 0 Å². The molecule has 0 unspecified atom stereocenters. The van der Waals surface area contributed by atoms with E-state index in [4.69, 9.17) is 24.9 Å². The maximum Gasteiger partial charge on any atom is 0.166 e. The van der Waals surface area contributed by atoms with Gasteiger partial charge in [-0.1, -0.05) is 78.9 Å². The van der Waals surface area contributed by atoms with Gasteiger partial charge in [0.05, 0.1) is 16.9 Å². The zero-order chi connectivity index (χ0) is 30.5. The highest BCUT2D eigenvalue weighted by atomic mass is 15.0. The number of hydrogen-bond donors (Lipinski definition) is 0. The number of nitrogens with zero attached hydrogens (tertiary/aromatic N) is 7. The summed E-state index contributed by atoms with van der Waals surface area (Å²) in [4.78, 5) is 33.4. The molecule has 4 aromatic carbocycles. The van der Waals surface area contributed by atoms with Crippen molar-refractivity contribution in [2.24, 2.45) is 0 Å². The Labute approximate surface area is 263 Å². The normalized spacial score (nSPS) is 11.5. The second-order valence-electron chi connectivity index (χ2n) is 11.0. The molecule has 9 rings (SSSR count). The molecule has 0 N–H and O–H groups in total.